The van der Waals surface area contributed by atoms with E-state index in [1.165, 1.54) is 12.1 Å². The Morgan fingerprint density at radius 1 is 1.02 bits per heavy atom. The highest BCUT2D eigenvalue weighted by Crippen LogP contribution is 2.41. The van der Waals surface area contributed by atoms with Gasteiger partial charge in [-0.1, -0.05) is 19.9 Å². The second kappa shape index (κ2) is 16.0. The molecule has 0 saturated carbocycles. The van der Waals surface area contributed by atoms with Crippen LogP contribution in [0.15, 0.2) is 30.5 Å². The second-order valence-corrected chi connectivity index (χ2v) is 15.5. The van der Waals surface area contributed by atoms with Gasteiger partial charge in [0.05, 0.1) is 5.69 Å². The van der Waals surface area contributed by atoms with Crippen LogP contribution >= 0.6 is 7.92 Å². The van der Waals surface area contributed by atoms with Crippen LogP contribution in [0.5, 0.6) is 0 Å². The molecule has 252 valence electrons. The molecule has 2 fully saturated rings. The summed E-state index contributed by atoms with van der Waals surface area (Å²) in [5.74, 6) is -2.59. The van der Waals surface area contributed by atoms with Gasteiger partial charge in [0.2, 0.25) is 17.7 Å². The van der Waals surface area contributed by atoms with Gasteiger partial charge in [0, 0.05) is 50.8 Å². The lowest BCUT2D eigenvalue weighted by molar-refractivity contribution is -0.138. The molecule has 2 aliphatic rings. The Bertz CT molecular complexity index is 1390. The highest BCUT2D eigenvalue weighted by molar-refractivity contribution is 7.56. The smallest absolute Gasteiger partial charge is 0.270 e. The third-order valence-corrected chi connectivity index (χ3v) is 11.2. The molecule has 0 radical (unpaired) electrons. The van der Waals surface area contributed by atoms with Crippen LogP contribution in [0, 0.1) is 11.7 Å². The van der Waals surface area contributed by atoms with E-state index in [0.717, 1.165) is 38.3 Å². The van der Waals surface area contributed by atoms with Crippen molar-refractivity contribution in [3.05, 3.63) is 47.5 Å². The molecule has 4 amide bonds. The summed E-state index contributed by atoms with van der Waals surface area (Å²) < 4.78 is 17.3. The van der Waals surface area contributed by atoms with Crippen molar-refractivity contribution in [3.8, 4) is 0 Å². The third-order valence-electron chi connectivity index (χ3n) is 9.19. The zero-order chi connectivity index (χ0) is 33.5. The molecule has 3 N–H and O–H groups in total. The van der Waals surface area contributed by atoms with Crippen molar-refractivity contribution in [3.63, 3.8) is 0 Å². The predicted octanol–water partition coefficient (Wildman–Crippen LogP) is 3.63. The Morgan fingerprint density at radius 2 is 1.70 bits per heavy atom. The minimum Gasteiger partial charge on any atom is -0.344 e. The van der Waals surface area contributed by atoms with Crippen LogP contribution in [-0.2, 0) is 14.4 Å². The number of hydrogen-bond donors (Lipinski definition) is 3. The molecule has 3 heterocycles. The topological polar surface area (TPSA) is 129 Å². The first kappa shape index (κ1) is 35.5. The minimum absolute atomic E-state index is 0.0134. The van der Waals surface area contributed by atoms with Gasteiger partial charge in [-0.2, -0.15) is 5.10 Å². The second-order valence-electron chi connectivity index (χ2n) is 12.9. The Labute approximate surface area is 272 Å². The molecule has 46 heavy (non-hydrogen) atoms. The van der Waals surface area contributed by atoms with E-state index >= 15 is 4.39 Å². The lowest BCUT2D eigenvalue weighted by atomic mass is 9.91. The van der Waals surface area contributed by atoms with Gasteiger partial charge < -0.3 is 25.8 Å². The lowest BCUT2D eigenvalue weighted by Crippen LogP contribution is -2.55. The van der Waals surface area contributed by atoms with E-state index in [9.17, 15) is 19.2 Å². The summed E-state index contributed by atoms with van der Waals surface area (Å²) in [6.07, 6.45) is 5.39. The number of rotatable bonds is 11. The van der Waals surface area contributed by atoms with Crippen LogP contribution in [0.3, 0.4) is 0 Å². The first-order chi connectivity index (χ1) is 21.9. The minimum atomic E-state index is -0.857. The van der Waals surface area contributed by atoms with Crippen molar-refractivity contribution in [2.45, 2.75) is 71.0 Å². The van der Waals surface area contributed by atoms with Crippen LogP contribution in [0.25, 0.3) is 0 Å². The molecular formula is C33H49FN7O4P. The molecule has 2 saturated heterocycles. The molecule has 1 aromatic heterocycles. The fourth-order valence-electron chi connectivity index (χ4n) is 6.10. The SMILES string of the molecule is CCC(=O)N[C@@H](C(=O)N1CCN(C)CC1)[C@@H](C)c1ccc(NC(=O)[C@@H](NC(=O)c2ccnn2C(C)C)C2CCP(C)CC2)c(F)c1. The first-order valence-electron chi connectivity index (χ1n) is 16.3. The maximum atomic E-state index is 15.6. The lowest BCUT2D eigenvalue weighted by Gasteiger charge is -2.36. The van der Waals surface area contributed by atoms with E-state index in [2.05, 4.69) is 32.6 Å². The summed E-state index contributed by atoms with van der Waals surface area (Å²) in [7, 11) is 1.91. The molecule has 13 heteroatoms. The Kier molecular flexibility index (Phi) is 12.3. The normalized spacial score (nSPS) is 20.9. The summed E-state index contributed by atoms with van der Waals surface area (Å²) in [6.45, 7) is 12.2. The number of amides is 4. The average molecular weight is 658 g/mol. The average Bonchev–Trinajstić information content (AvgIpc) is 3.54. The van der Waals surface area contributed by atoms with Gasteiger partial charge in [-0.15, -0.1) is 7.92 Å². The number of nitrogens with zero attached hydrogens (tertiary/aromatic N) is 4. The highest BCUT2D eigenvalue weighted by atomic mass is 31.1. The van der Waals surface area contributed by atoms with Crippen molar-refractivity contribution >= 4 is 37.2 Å². The molecular weight excluding hydrogens is 608 g/mol. The van der Waals surface area contributed by atoms with Gasteiger partial charge in [0.15, 0.2) is 0 Å². The standard InChI is InChI=1S/C33H49FN7O4P/c1-7-28(42)37-29(33(45)40-16-14-39(5)15-17-40)22(4)24-8-9-26(25(34)20-24)36-32(44)30(23-11-18-46(6)19-12-23)38-31(43)27-10-13-35-41(27)21(2)3/h8-10,13,20-23,29-30H,7,11-12,14-19H2,1-6H3,(H,36,44)(H,37,42)(H,38,43)/t22-,23?,29+,30-,46?/m0/s1. The number of hydrogen-bond acceptors (Lipinski definition) is 6. The predicted molar refractivity (Wildman–Crippen MR) is 179 cm³/mol. The maximum absolute atomic E-state index is 15.6. The van der Waals surface area contributed by atoms with Crippen molar-refractivity contribution in [1.82, 2.24) is 30.2 Å². The Hall–Kier alpha value is -3.37. The van der Waals surface area contributed by atoms with E-state index in [1.54, 1.807) is 41.8 Å². The van der Waals surface area contributed by atoms with Gasteiger partial charge in [-0.25, -0.2) is 4.39 Å². The van der Waals surface area contributed by atoms with E-state index in [-0.39, 0.29) is 43.8 Å². The van der Waals surface area contributed by atoms with Gasteiger partial charge in [0.25, 0.3) is 5.91 Å². The maximum Gasteiger partial charge on any atom is 0.270 e. The van der Waals surface area contributed by atoms with Crippen molar-refractivity contribution in [1.29, 1.82) is 0 Å². The summed E-state index contributed by atoms with van der Waals surface area (Å²) in [6, 6.07) is 4.35. The number of aromatic nitrogens is 2. The van der Waals surface area contributed by atoms with Crippen LogP contribution in [-0.4, -0.2) is 108 Å². The van der Waals surface area contributed by atoms with Crippen LogP contribution in [0.2, 0.25) is 0 Å². The number of anilines is 1. The fourth-order valence-corrected chi connectivity index (χ4v) is 7.87. The summed E-state index contributed by atoms with van der Waals surface area (Å²) in [4.78, 5) is 56.9. The molecule has 0 unspecified atom stereocenters. The van der Waals surface area contributed by atoms with Crippen LogP contribution in [0.1, 0.15) is 75.0 Å². The zero-order valence-corrected chi connectivity index (χ0v) is 28.8. The fraction of sp³-hybridized carbons (Fsp3) is 0.606. The van der Waals surface area contributed by atoms with Gasteiger partial charge >= 0.3 is 0 Å². The number of benzene rings is 1. The third kappa shape index (κ3) is 8.70. The van der Waals surface area contributed by atoms with Gasteiger partial charge in [-0.05, 0) is 82.4 Å². The highest BCUT2D eigenvalue weighted by Gasteiger charge is 2.35. The molecule has 11 nitrogen and oxygen atoms in total. The largest absolute Gasteiger partial charge is 0.344 e. The van der Waals surface area contributed by atoms with Crippen LogP contribution in [0.4, 0.5) is 10.1 Å². The van der Waals surface area contributed by atoms with Crippen LogP contribution < -0.4 is 16.0 Å². The first-order valence-corrected chi connectivity index (χ1v) is 18.4. The van der Waals surface area contributed by atoms with E-state index in [4.69, 9.17) is 0 Å². The van der Waals surface area contributed by atoms with Gasteiger partial charge in [0.1, 0.15) is 23.6 Å². The van der Waals surface area contributed by atoms with Crippen molar-refractivity contribution in [2.24, 2.45) is 5.92 Å². The molecule has 0 aliphatic carbocycles. The summed E-state index contributed by atoms with van der Waals surface area (Å²) in [5, 5.41) is 12.8. The molecule has 2 aromatic rings. The van der Waals surface area contributed by atoms with Gasteiger partial charge in [-0.3, -0.25) is 23.9 Å². The number of likely N-dealkylation sites (N-methyl/N-ethyl adjacent to an activating group) is 1. The molecule has 2 aliphatic heterocycles. The molecule has 3 atom stereocenters. The van der Waals surface area contributed by atoms with E-state index < -0.39 is 35.6 Å². The number of carbonyl (C=O) groups is 4. The van der Waals surface area contributed by atoms with Crippen molar-refractivity contribution < 1.29 is 23.6 Å². The summed E-state index contributed by atoms with van der Waals surface area (Å²) in [5.41, 5.74) is 0.872. The number of nitrogens with one attached hydrogen (secondary N) is 3. The number of halogens is 1. The Balaban J connectivity index is 1.52. The Morgan fingerprint density at radius 3 is 2.30 bits per heavy atom. The molecule has 4 rings (SSSR count). The number of carbonyl (C=O) groups excluding carboxylic acids is 4. The number of piperazine rings is 1. The monoisotopic (exact) mass is 657 g/mol. The van der Waals surface area contributed by atoms with E-state index in [1.807, 2.05) is 20.9 Å². The molecule has 0 bridgehead atoms. The summed E-state index contributed by atoms with van der Waals surface area (Å²) >= 11 is 0. The van der Waals surface area contributed by atoms with E-state index in [0.29, 0.717) is 24.3 Å². The van der Waals surface area contributed by atoms with Crippen molar-refractivity contribution in [2.75, 3.05) is 57.5 Å². The molecule has 1 aromatic carbocycles. The quantitative estimate of drug-likeness (QED) is 0.317. The molecule has 0 spiro atoms. The zero-order valence-electron chi connectivity index (χ0n) is 27.9.